The number of hydrogen-bond acceptors (Lipinski definition) is 3. The summed E-state index contributed by atoms with van der Waals surface area (Å²) in [6, 6.07) is 15.5. The van der Waals surface area contributed by atoms with Crippen molar-refractivity contribution in [2.45, 2.75) is 57.8 Å². The van der Waals surface area contributed by atoms with Crippen LogP contribution >= 0.6 is 0 Å². The number of sulfonamides is 1. The van der Waals surface area contributed by atoms with Crippen LogP contribution in [-0.4, -0.2) is 20.8 Å². The van der Waals surface area contributed by atoms with E-state index in [0.717, 1.165) is 18.4 Å². The largest absolute Gasteiger partial charge is 0.272 e. The van der Waals surface area contributed by atoms with Crippen molar-refractivity contribution in [1.82, 2.24) is 4.72 Å². The van der Waals surface area contributed by atoms with Crippen molar-refractivity contribution in [3.8, 4) is 0 Å². The summed E-state index contributed by atoms with van der Waals surface area (Å²) in [7, 11) is -3.57. The van der Waals surface area contributed by atoms with Crippen molar-refractivity contribution in [1.29, 1.82) is 0 Å². The molecule has 4 nitrogen and oxygen atoms in total. The molecule has 2 aromatic carbocycles. The fraction of sp³-hybridized carbons (Fsp3) is 0.409. The van der Waals surface area contributed by atoms with Gasteiger partial charge in [0.2, 0.25) is 0 Å². The first-order valence-corrected chi connectivity index (χ1v) is 10.8. The van der Waals surface area contributed by atoms with Gasteiger partial charge in [0.15, 0.2) is 0 Å². The van der Waals surface area contributed by atoms with E-state index in [1.165, 1.54) is 11.1 Å². The van der Waals surface area contributed by atoms with Gasteiger partial charge in [0, 0.05) is 6.54 Å². The van der Waals surface area contributed by atoms with E-state index < -0.39 is 10.0 Å². The third kappa shape index (κ3) is 6.51. The number of hydrogen-bond donors (Lipinski definition) is 1. The zero-order chi connectivity index (χ0) is 20.1. The zero-order valence-electron chi connectivity index (χ0n) is 16.9. The molecule has 0 aromatic heterocycles. The van der Waals surface area contributed by atoms with Gasteiger partial charge in [0.1, 0.15) is 5.84 Å². The number of amidine groups is 1. The number of nitrogens with one attached hydrogen (secondary N) is 1. The molecule has 0 saturated heterocycles. The average molecular weight is 387 g/mol. The Bertz CT molecular complexity index is 875. The zero-order valence-corrected chi connectivity index (χ0v) is 17.7. The molecule has 0 atom stereocenters. The lowest BCUT2D eigenvalue weighted by atomic mass is 9.86. The molecule has 0 spiro atoms. The third-order valence-corrected chi connectivity index (χ3v) is 5.86. The molecule has 2 rings (SSSR count). The summed E-state index contributed by atoms with van der Waals surface area (Å²) in [5.74, 6) is 0.415. The van der Waals surface area contributed by atoms with E-state index in [9.17, 15) is 8.42 Å². The van der Waals surface area contributed by atoms with Crippen molar-refractivity contribution in [3.05, 3.63) is 65.2 Å². The lowest BCUT2D eigenvalue weighted by molar-refractivity contribution is 0.589. The maximum atomic E-state index is 12.3. The molecule has 0 saturated carbocycles. The van der Waals surface area contributed by atoms with Gasteiger partial charge in [-0.25, -0.2) is 8.42 Å². The Hall–Kier alpha value is -2.14. The van der Waals surface area contributed by atoms with E-state index in [-0.39, 0.29) is 10.3 Å². The molecular formula is C22H30N2O2S. The summed E-state index contributed by atoms with van der Waals surface area (Å²) >= 11 is 0. The lowest BCUT2D eigenvalue weighted by Crippen LogP contribution is -2.28. The first-order chi connectivity index (χ1) is 12.6. The maximum Gasteiger partial charge on any atom is 0.262 e. The van der Waals surface area contributed by atoms with E-state index in [4.69, 9.17) is 0 Å². The molecule has 0 radical (unpaired) electrons. The number of aryl methyl sites for hydroxylation is 2. The highest BCUT2D eigenvalue weighted by molar-refractivity contribution is 7.90. The Morgan fingerprint density at radius 1 is 1.00 bits per heavy atom. The second-order valence-electron chi connectivity index (χ2n) is 7.94. The minimum atomic E-state index is -3.57. The summed E-state index contributed by atoms with van der Waals surface area (Å²) in [5.41, 5.74) is 3.78. The molecule has 0 aliphatic rings. The molecule has 0 heterocycles. The van der Waals surface area contributed by atoms with E-state index in [0.29, 0.717) is 12.4 Å². The standard InChI is InChI=1S/C22H30N2O2S/c1-17-8-14-21(15-9-17)27(25,26)24-18(2)23-16-6-7-19-10-12-20(13-11-19)22(3,4)5/h8-15H,6-7,16H2,1-5H3,(H,23,24). The Morgan fingerprint density at radius 2 is 1.59 bits per heavy atom. The molecule has 27 heavy (non-hydrogen) atoms. The van der Waals surface area contributed by atoms with Gasteiger partial charge in [-0.3, -0.25) is 9.71 Å². The summed E-state index contributed by atoms with van der Waals surface area (Å²) < 4.78 is 27.2. The van der Waals surface area contributed by atoms with Gasteiger partial charge in [-0.1, -0.05) is 62.7 Å². The van der Waals surface area contributed by atoms with E-state index >= 15 is 0 Å². The minimum Gasteiger partial charge on any atom is -0.272 e. The average Bonchev–Trinajstić information content (AvgIpc) is 2.58. The molecular weight excluding hydrogens is 356 g/mol. The van der Waals surface area contributed by atoms with Gasteiger partial charge in [0.25, 0.3) is 10.0 Å². The van der Waals surface area contributed by atoms with Gasteiger partial charge in [-0.15, -0.1) is 0 Å². The molecule has 0 aliphatic heterocycles. The summed E-state index contributed by atoms with van der Waals surface area (Å²) in [5, 5.41) is 0. The molecule has 0 unspecified atom stereocenters. The summed E-state index contributed by atoms with van der Waals surface area (Å²) in [6.07, 6.45) is 1.80. The Balaban J connectivity index is 1.86. The van der Waals surface area contributed by atoms with Crippen molar-refractivity contribution < 1.29 is 8.42 Å². The molecule has 0 fully saturated rings. The quantitative estimate of drug-likeness (QED) is 0.447. The van der Waals surface area contributed by atoms with Gasteiger partial charge in [0.05, 0.1) is 4.90 Å². The summed E-state index contributed by atoms with van der Waals surface area (Å²) in [4.78, 5) is 4.60. The SMILES string of the molecule is CC(=NCCCc1ccc(C(C)(C)C)cc1)NS(=O)(=O)c1ccc(C)cc1. The van der Waals surface area contributed by atoms with Gasteiger partial charge < -0.3 is 0 Å². The summed E-state index contributed by atoms with van der Waals surface area (Å²) in [6.45, 7) is 10.8. The first kappa shape index (κ1) is 21.2. The number of rotatable bonds is 6. The Kier molecular flexibility index (Phi) is 6.82. The van der Waals surface area contributed by atoms with Crippen LogP contribution in [0.15, 0.2) is 58.4 Å². The van der Waals surface area contributed by atoms with Crippen LogP contribution in [0.25, 0.3) is 0 Å². The number of aliphatic imine (C=N–C) groups is 1. The normalized spacial score (nSPS) is 12.9. The molecule has 0 amide bonds. The van der Waals surface area contributed by atoms with Crippen LogP contribution in [0.3, 0.4) is 0 Å². The smallest absolute Gasteiger partial charge is 0.262 e. The predicted octanol–water partition coefficient (Wildman–Crippen LogP) is 4.62. The van der Waals surface area contributed by atoms with Crippen molar-refractivity contribution in [3.63, 3.8) is 0 Å². The molecule has 2 aromatic rings. The predicted molar refractivity (Wildman–Crippen MR) is 113 cm³/mol. The minimum absolute atomic E-state index is 0.161. The fourth-order valence-corrected chi connectivity index (χ4v) is 3.77. The first-order valence-electron chi connectivity index (χ1n) is 9.28. The van der Waals surface area contributed by atoms with Crippen molar-refractivity contribution in [2.75, 3.05) is 6.54 Å². The van der Waals surface area contributed by atoms with Crippen LogP contribution in [0.4, 0.5) is 0 Å². The van der Waals surface area contributed by atoms with Crippen LogP contribution in [-0.2, 0) is 21.9 Å². The van der Waals surface area contributed by atoms with Crippen LogP contribution in [0, 0.1) is 6.92 Å². The van der Waals surface area contributed by atoms with Crippen LogP contribution in [0.1, 0.15) is 50.8 Å². The van der Waals surface area contributed by atoms with Gasteiger partial charge >= 0.3 is 0 Å². The van der Waals surface area contributed by atoms with Crippen molar-refractivity contribution in [2.24, 2.45) is 4.99 Å². The van der Waals surface area contributed by atoms with Crippen molar-refractivity contribution >= 4 is 15.9 Å². The highest BCUT2D eigenvalue weighted by atomic mass is 32.2. The van der Waals surface area contributed by atoms with Gasteiger partial charge in [-0.2, -0.15) is 0 Å². The number of nitrogens with zero attached hydrogens (tertiary/aromatic N) is 1. The maximum absolute atomic E-state index is 12.3. The highest BCUT2D eigenvalue weighted by Gasteiger charge is 2.14. The lowest BCUT2D eigenvalue weighted by Gasteiger charge is -2.19. The topological polar surface area (TPSA) is 58.5 Å². The van der Waals surface area contributed by atoms with E-state index in [1.807, 2.05) is 6.92 Å². The second-order valence-corrected chi connectivity index (χ2v) is 9.62. The molecule has 0 bridgehead atoms. The fourth-order valence-electron chi connectivity index (χ4n) is 2.70. The highest BCUT2D eigenvalue weighted by Crippen LogP contribution is 2.22. The van der Waals surface area contributed by atoms with Crippen LogP contribution in [0.2, 0.25) is 0 Å². The van der Waals surface area contributed by atoms with Gasteiger partial charge in [-0.05, 0) is 55.4 Å². The Morgan fingerprint density at radius 3 is 2.15 bits per heavy atom. The number of benzene rings is 2. The second kappa shape index (κ2) is 8.70. The third-order valence-electron chi connectivity index (χ3n) is 4.41. The molecule has 0 aliphatic carbocycles. The van der Waals surface area contributed by atoms with E-state index in [1.54, 1.807) is 31.2 Å². The van der Waals surface area contributed by atoms with Crippen LogP contribution < -0.4 is 4.72 Å². The molecule has 1 N–H and O–H groups in total. The Labute approximate surface area is 163 Å². The van der Waals surface area contributed by atoms with E-state index in [2.05, 4.69) is 54.8 Å². The monoisotopic (exact) mass is 386 g/mol. The molecule has 5 heteroatoms. The van der Waals surface area contributed by atoms with Crippen LogP contribution in [0.5, 0.6) is 0 Å². The molecule has 146 valence electrons.